The predicted molar refractivity (Wildman–Crippen MR) is 145 cm³/mol. The average molecular weight is 712 g/mol. The number of carbonyl (C=O) groups excluding carboxylic acids is 1. The van der Waals surface area contributed by atoms with Crippen LogP contribution in [-0.2, 0) is 31.1 Å². The maximum atomic E-state index is 13.4. The van der Waals surface area contributed by atoms with Gasteiger partial charge in [-0.05, 0) is 57.9 Å². The molecule has 0 aliphatic carbocycles. The monoisotopic (exact) mass is 712 g/mol. The first-order valence-corrected chi connectivity index (χ1v) is 12.0. The van der Waals surface area contributed by atoms with Crippen molar-refractivity contribution in [2.75, 3.05) is 0 Å². The first kappa shape index (κ1) is 31.9. The van der Waals surface area contributed by atoms with Crippen LogP contribution in [0, 0.1) is 40.7 Å². The third-order valence-corrected chi connectivity index (χ3v) is 5.60. The fourth-order valence-corrected chi connectivity index (χ4v) is 4.31. The SMILES string of the molecule is CC(=O)C=C(C)O.Cc1[c-]c(-c2nc3cc(C(F)(F)F)cc(C)c3nc2-c2cc(C)cc(C)c2)cc(C)c1.[Ir]. The summed E-state index contributed by atoms with van der Waals surface area (Å²) in [7, 11) is 0. The molecule has 0 saturated carbocycles. The van der Waals surface area contributed by atoms with Gasteiger partial charge in [0.1, 0.15) is 0 Å². The fourth-order valence-electron chi connectivity index (χ4n) is 4.31. The van der Waals surface area contributed by atoms with Crippen molar-refractivity contribution in [3.8, 4) is 22.5 Å². The van der Waals surface area contributed by atoms with Gasteiger partial charge in [-0.2, -0.15) is 13.2 Å². The number of aromatic nitrogens is 2. The summed E-state index contributed by atoms with van der Waals surface area (Å²) < 4.78 is 40.2. The predicted octanol–water partition coefficient (Wildman–Crippen LogP) is 8.36. The van der Waals surface area contributed by atoms with Crippen LogP contribution >= 0.6 is 0 Å². The molecule has 0 atom stereocenters. The Balaban J connectivity index is 0.000000592. The van der Waals surface area contributed by atoms with Gasteiger partial charge in [0.15, 0.2) is 5.78 Å². The number of benzene rings is 3. The number of allylic oxidation sites excluding steroid dienone is 2. The van der Waals surface area contributed by atoms with Crippen LogP contribution in [-0.4, -0.2) is 20.9 Å². The number of ketones is 1. The number of carbonyl (C=O) groups is 1. The van der Waals surface area contributed by atoms with Crippen molar-refractivity contribution in [1.82, 2.24) is 9.97 Å². The van der Waals surface area contributed by atoms with Crippen LogP contribution in [0.2, 0.25) is 0 Å². The molecule has 0 bridgehead atoms. The topological polar surface area (TPSA) is 63.1 Å². The maximum Gasteiger partial charge on any atom is 0.416 e. The second-order valence-corrected chi connectivity index (χ2v) is 9.61. The van der Waals surface area contributed by atoms with Gasteiger partial charge in [0.2, 0.25) is 0 Å². The molecule has 39 heavy (non-hydrogen) atoms. The van der Waals surface area contributed by atoms with E-state index in [-0.39, 0.29) is 37.2 Å². The van der Waals surface area contributed by atoms with E-state index < -0.39 is 11.7 Å². The Labute approximate surface area is 240 Å². The van der Waals surface area contributed by atoms with Gasteiger partial charge in [0, 0.05) is 31.9 Å². The Morgan fingerprint density at radius 3 is 1.92 bits per heavy atom. The van der Waals surface area contributed by atoms with Crippen LogP contribution in [0.3, 0.4) is 0 Å². The van der Waals surface area contributed by atoms with E-state index in [1.165, 1.54) is 19.9 Å². The Kier molecular flexibility index (Phi) is 10.4. The Bertz CT molecular complexity index is 1520. The van der Waals surface area contributed by atoms with Gasteiger partial charge in [0.25, 0.3) is 0 Å². The summed E-state index contributed by atoms with van der Waals surface area (Å²) in [6.45, 7) is 12.4. The molecule has 3 aromatic carbocycles. The molecule has 0 spiro atoms. The molecule has 1 radical (unpaired) electrons. The van der Waals surface area contributed by atoms with E-state index >= 15 is 0 Å². The summed E-state index contributed by atoms with van der Waals surface area (Å²) in [6, 6.07) is 15.6. The minimum absolute atomic E-state index is 0. The number of hydrogen-bond donors (Lipinski definition) is 1. The van der Waals surface area contributed by atoms with Gasteiger partial charge < -0.3 is 5.11 Å². The van der Waals surface area contributed by atoms with Crippen LogP contribution in [0.4, 0.5) is 13.2 Å². The first-order valence-electron chi connectivity index (χ1n) is 12.0. The Hall–Kier alpha value is -3.35. The molecular weight excluding hydrogens is 682 g/mol. The number of halogens is 3. The molecule has 0 aliphatic heterocycles. The van der Waals surface area contributed by atoms with Gasteiger partial charge in [-0.25, -0.2) is 0 Å². The second-order valence-electron chi connectivity index (χ2n) is 9.61. The summed E-state index contributed by atoms with van der Waals surface area (Å²) in [5.41, 5.74) is 7.31. The van der Waals surface area contributed by atoms with E-state index in [2.05, 4.69) is 12.1 Å². The second kappa shape index (κ2) is 12.7. The Morgan fingerprint density at radius 1 is 0.846 bits per heavy atom. The van der Waals surface area contributed by atoms with Crippen molar-refractivity contribution in [1.29, 1.82) is 0 Å². The zero-order valence-corrected chi connectivity index (χ0v) is 25.2. The van der Waals surface area contributed by atoms with E-state index in [0.717, 1.165) is 45.5 Å². The molecule has 0 aliphatic rings. The number of hydrogen-bond acceptors (Lipinski definition) is 4. The van der Waals surface area contributed by atoms with Crippen molar-refractivity contribution in [3.05, 3.63) is 93.7 Å². The third kappa shape index (κ3) is 8.31. The van der Waals surface area contributed by atoms with E-state index in [0.29, 0.717) is 22.5 Å². The van der Waals surface area contributed by atoms with Crippen molar-refractivity contribution in [2.45, 2.75) is 54.6 Å². The van der Waals surface area contributed by atoms with Crippen LogP contribution in [0.5, 0.6) is 0 Å². The number of aliphatic hydroxyl groups is 1. The van der Waals surface area contributed by atoms with E-state index in [9.17, 15) is 18.0 Å². The van der Waals surface area contributed by atoms with Gasteiger partial charge in [-0.1, -0.05) is 43.2 Å². The molecule has 4 rings (SSSR count). The van der Waals surface area contributed by atoms with Gasteiger partial charge in [-0.15, -0.1) is 34.9 Å². The number of rotatable bonds is 3. The molecule has 1 aromatic heterocycles. The number of nitrogens with zero attached hydrogens (tertiary/aromatic N) is 2. The summed E-state index contributed by atoms with van der Waals surface area (Å²) in [4.78, 5) is 19.6. The van der Waals surface area contributed by atoms with Crippen LogP contribution in [0.1, 0.15) is 47.2 Å². The molecular formula is C31H30F3IrN2O2-. The van der Waals surface area contributed by atoms with Crippen LogP contribution in [0.25, 0.3) is 33.5 Å². The number of alkyl halides is 3. The Morgan fingerprint density at radius 2 is 1.44 bits per heavy atom. The van der Waals surface area contributed by atoms with Gasteiger partial charge in [-0.3, -0.25) is 14.8 Å². The standard InChI is InChI=1S/C26H22F3N2.C5H8O2.Ir/c1-14-6-15(2)9-19(8-14)24-25(20-10-16(3)7-17(4)11-20)31-23-18(5)12-21(26(27,28)29)13-22(23)30-24;1-4(6)3-5(2)7;/h6-8,10-13H,1-5H3;3,6H,1-2H3;/q-1;;. The number of fused-ring (bicyclic) bond motifs is 1. The van der Waals surface area contributed by atoms with Gasteiger partial charge in [0.05, 0.1) is 28.0 Å². The largest absolute Gasteiger partial charge is 0.512 e. The number of aliphatic hydroxyl groups excluding tert-OH is 1. The van der Waals surface area contributed by atoms with Crippen molar-refractivity contribution in [2.24, 2.45) is 0 Å². The van der Waals surface area contributed by atoms with Gasteiger partial charge >= 0.3 is 6.18 Å². The zero-order valence-electron chi connectivity index (χ0n) is 22.8. The molecule has 4 nitrogen and oxygen atoms in total. The molecule has 0 amide bonds. The molecule has 1 heterocycles. The van der Waals surface area contributed by atoms with Crippen LogP contribution < -0.4 is 0 Å². The number of aryl methyl sites for hydroxylation is 5. The average Bonchev–Trinajstić information content (AvgIpc) is 2.76. The molecule has 8 heteroatoms. The van der Waals surface area contributed by atoms with Crippen molar-refractivity contribution in [3.63, 3.8) is 0 Å². The molecule has 0 unspecified atom stereocenters. The van der Waals surface area contributed by atoms with E-state index in [4.69, 9.17) is 15.1 Å². The van der Waals surface area contributed by atoms with Crippen molar-refractivity contribution < 1.29 is 43.2 Å². The van der Waals surface area contributed by atoms with E-state index in [1.807, 2.05) is 52.0 Å². The summed E-state index contributed by atoms with van der Waals surface area (Å²) in [6.07, 6.45) is -3.28. The smallest absolute Gasteiger partial charge is 0.416 e. The first-order chi connectivity index (χ1) is 17.6. The normalized spacial score (nSPS) is 11.5. The van der Waals surface area contributed by atoms with E-state index in [1.54, 1.807) is 6.92 Å². The summed E-state index contributed by atoms with van der Waals surface area (Å²) in [5.74, 6) is -0.0625. The minimum atomic E-state index is -4.45. The molecule has 207 valence electrons. The molecule has 1 N–H and O–H groups in total. The summed E-state index contributed by atoms with van der Waals surface area (Å²) >= 11 is 0. The molecule has 0 saturated heterocycles. The summed E-state index contributed by atoms with van der Waals surface area (Å²) in [5, 5.41) is 8.36. The zero-order chi connectivity index (χ0) is 28.4. The maximum absolute atomic E-state index is 13.4. The fraction of sp³-hybridized carbons (Fsp3) is 0.258. The molecule has 0 fully saturated rings. The minimum Gasteiger partial charge on any atom is -0.512 e. The molecule has 4 aromatic rings. The van der Waals surface area contributed by atoms with Crippen LogP contribution in [0.15, 0.2) is 54.3 Å². The quantitative estimate of drug-likeness (QED) is 0.132. The third-order valence-electron chi connectivity index (χ3n) is 5.60. The van der Waals surface area contributed by atoms with Crippen molar-refractivity contribution >= 4 is 16.8 Å².